The van der Waals surface area contributed by atoms with Gasteiger partial charge < -0.3 is 0 Å². The van der Waals surface area contributed by atoms with E-state index in [4.69, 9.17) is 9.15 Å². The van der Waals surface area contributed by atoms with Gasteiger partial charge in [-0.25, -0.2) is 0 Å². The van der Waals surface area contributed by atoms with Gasteiger partial charge in [0.2, 0.25) is 0 Å². The maximum atomic E-state index is 8.00. The molecule has 0 aliphatic carbocycles. The summed E-state index contributed by atoms with van der Waals surface area (Å²) < 4.78 is 16.0. The van der Waals surface area contributed by atoms with Crippen LogP contribution in [0, 0.1) is 11.3 Å². The summed E-state index contributed by atoms with van der Waals surface area (Å²) in [5.41, 5.74) is 0.500. The number of rotatable bonds is 0. The van der Waals surface area contributed by atoms with Crippen LogP contribution in [0.5, 0.6) is 0 Å². The molecule has 0 spiro atoms. The van der Waals surface area contributed by atoms with Crippen LogP contribution in [0.1, 0.15) is 48.5 Å². The fraction of sp³-hybridized carbons (Fsp3) is 1.00. The van der Waals surface area contributed by atoms with Crippen LogP contribution in [-0.4, -0.2) is 0 Å². The lowest BCUT2D eigenvalue weighted by atomic mass is 10.0. The monoisotopic (exact) mass is 188 g/mol. The summed E-state index contributed by atoms with van der Waals surface area (Å²) in [5.74, 6) is 0.833. The highest BCUT2D eigenvalue weighted by atomic mass is 20.0. The molecular weight excluding hydrogens is 165 g/mol. The topological polar surface area (TPSA) is 0 Å². The second-order valence-corrected chi connectivity index (χ2v) is 4.73. The van der Waals surface area contributed by atoms with Crippen LogP contribution in [0.2, 0.25) is 0 Å². The third-order valence-electron chi connectivity index (χ3n) is 0. The van der Waals surface area contributed by atoms with E-state index in [1.54, 1.807) is 0 Å². The summed E-state index contributed by atoms with van der Waals surface area (Å²) in [4.78, 5) is 0. The lowest BCUT2D eigenvalue weighted by Gasteiger charge is -2.05. The molecular formula is C9H23F3. The minimum Gasteiger partial charge on any atom is -0.269 e. The zero-order valence-electron chi connectivity index (χ0n) is 9.24. The molecule has 0 aromatic rings. The zero-order chi connectivity index (χ0) is 10.1. The van der Waals surface area contributed by atoms with Gasteiger partial charge in [-0.2, -0.15) is 0 Å². The first-order valence-corrected chi connectivity index (χ1v) is 3.87. The second kappa shape index (κ2) is 13.4. The average molecular weight is 188 g/mol. The summed E-state index contributed by atoms with van der Waals surface area (Å²) in [6, 6.07) is 0. The molecule has 0 fully saturated rings. The predicted molar refractivity (Wildman–Crippen MR) is 50.4 cm³/mol. The minimum absolute atomic E-state index is 0. The second-order valence-electron chi connectivity index (χ2n) is 4.73. The molecule has 0 radical (unpaired) electrons. The molecule has 0 aliphatic heterocycles. The van der Waals surface area contributed by atoms with E-state index in [1.165, 1.54) is 0 Å². The van der Waals surface area contributed by atoms with Gasteiger partial charge in [-0.05, 0) is 11.3 Å². The SMILES string of the molecule is CC(C)(C)C.CC(C)C.F.FF. The van der Waals surface area contributed by atoms with Crippen LogP contribution in [0.3, 0.4) is 0 Å². The average Bonchev–Trinajstić information content (AvgIpc) is 1.63. The van der Waals surface area contributed by atoms with Gasteiger partial charge >= 0.3 is 0 Å². The lowest BCUT2D eigenvalue weighted by Crippen LogP contribution is -1.93. The van der Waals surface area contributed by atoms with E-state index in [0.717, 1.165) is 5.92 Å². The molecule has 0 aromatic carbocycles. The van der Waals surface area contributed by atoms with Crippen molar-refractivity contribution < 1.29 is 13.9 Å². The Balaban J connectivity index is -0.0000000419. The van der Waals surface area contributed by atoms with E-state index < -0.39 is 0 Å². The normalized spacial score (nSPS) is 8.50. The molecule has 0 heterocycles. The van der Waals surface area contributed by atoms with Gasteiger partial charge in [-0.1, -0.05) is 48.5 Å². The summed E-state index contributed by atoms with van der Waals surface area (Å²) in [6.07, 6.45) is 0. The van der Waals surface area contributed by atoms with Crippen molar-refractivity contribution in [1.29, 1.82) is 0 Å². The Morgan fingerprint density at radius 1 is 0.833 bits per heavy atom. The Hall–Kier alpha value is -0.210. The molecule has 3 heteroatoms. The highest BCUT2D eigenvalue weighted by Crippen LogP contribution is 2.07. The van der Waals surface area contributed by atoms with Crippen LogP contribution in [0.4, 0.5) is 13.9 Å². The van der Waals surface area contributed by atoms with Crippen LogP contribution in [0.15, 0.2) is 0 Å². The molecule has 0 aliphatic rings. The van der Waals surface area contributed by atoms with Crippen molar-refractivity contribution in [2.24, 2.45) is 11.3 Å². The van der Waals surface area contributed by atoms with Crippen LogP contribution >= 0.6 is 0 Å². The van der Waals surface area contributed by atoms with Crippen molar-refractivity contribution in [1.82, 2.24) is 0 Å². The Morgan fingerprint density at radius 2 is 0.833 bits per heavy atom. The third-order valence-corrected chi connectivity index (χ3v) is 0. The Bertz CT molecular complexity index is 46.5. The Labute approximate surface area is 74.6 Å². The van der Waals surface area contributed by atoms with Crippen molar-refractivity contribution in [3.8, 4) is 0 Å². The van der Waals surface area contributed by atoms with E-state index in [9.17, 15) is 0 Å². The Morgan fingerprint density at radius 3 is 0.833 bits per heavy atom. The Kier molecular flexibility index (Phi) is 25.2. The quantitative estimate of drug-likeness (QED) is 0.516. The fourth-order valence-electron chi connectivity index (χ4n) is 0. The van der Waals surface area contributed by atoms with Gasteiger partial charge in [0.25, 0.3) is 0 Å². The molecule has 0 N–H and O–H groups in total. The molecule has 12 heavy (non-hydrogen) atoms. The summed E-state index contributed by atoms with van der Waals surface area (Å²) in [7, 11) is 0. The van der Waals surface area contributed by atoms with Crippen LogP contribution in [-0.2, 0) is 0 Å². The predicted octanol–water partition coefficient (Wildman–Crippen LogP) is 4.71. The van der Waals surface area contributed by atoms with E-state index in [0.29, 0.717) is 5.41 Å². The van der Waals surface area contributed by atoms with Crippen molar-refractivity contribution in [3.05, 3.63) is 0 Å². The number of hydrogen-bond donors (Lipinski definition) is 0. The highest BCUT2D eigenvalue weighted by molar-refractivity contribution is 4.47. The molecule has 0 unspecified atom stereocenters. The highest BCUT2D eigenvalue weighted by Gasteiger charge is 1.95. The van der Waals surface area contributed by atoms with Gasteiger partial charge in [0.1, 0.15) is 0 Å². The maximum Gasteiger partial charge on any atom is 0 e. The van der Waals surface area contributed by atoms with Crippen molar-refractivity contribution in [2.45, 2.75) is 48.5 Å². The van der Waals surface area contributed by atoms with E-state index in [1.807, 2.05) is 0 Å². The first kappa shape index (κ1) is 22.6. The van der Waals surface area contributed by atoms with Gasteiger partial charge in [-0.15, -0.1) is 0 Å². The lowest BCUT2D eigenvalue weighted by molar-refractivity contribution is 0.108. The number of halogens is 3. The zero-order valence-corrected chi connectivity index (χ0v) is 9.24. The van der Waals surface area contributed by atoms with Crippen molar-refractivity contribution >= 4 is 0 Å². The van der Waals surface area contributed by atoms with Gasteiger partial charge in [0.05, 0.1) is 0 Å². The molecule has 80 valence electrons. The van der Waals surface area contributed by atoms with E-state index >= 15 is 0 Å². The summed E-state index contributed by atoms with van der Waals surface area (Å²) >= 11 is 0. The first-order chi connectivity index (χ1) is 4.73. The molecule has 0 rings (SSSR count). The molecule has 0 amide bonds. The number of hydrogen-bond acceptors (Lipinski definition) is 0. The van der Waals surface area contributed by atoms with Crippen molar-refractivity contribution in [3.63, 3.8) is 0 Å². The minimum atomic E-state index is 0. The molecule has 0 nitrogen and oxygen atoms in total. The van der Waals surface area contributed by atoms with E-state index in [2.05, 4.69) is 48.5 Å². The first-order valence-electron chi connectivity index (χ1n) is 3.87. The summed E-state index contributed by atoms with van der Waals surface area (Å²) in [5, 5.41) is 0. The summed E-state index contributed by atoms with van der Waals surface area (Å²) in [6.45, 7) is 15.2. The molecule has 0 saturated heterocycles. The van der Waals surface area contributed by atoms with Gasteiger partial charge in [-0.3, -0.25) is 4.70 Å². The standard InChI is InChI=1S/C5H12.C4H10.F2.FH/c1-5(2,3)4;1-4(2)3;1-2;/h1-4H3;4H,1-3H3;;1H. The molecule has 0 saturated carbocycles. The molecule has 0 aromatic heterocycles. The molecule has 0 atom stereocenters. The largest absolute Gasteiger partial charge is 0.269 e. The fourth-order valence-corrected chi connectivity index (χ4v) is 0. The van der Waals surface area contributed by atoms with Crippen molar-refractivity contribution in [2.75, 3.05) is 0 Å². The smallest absolute Gasteiger partial charge is 0 e. The molecule has 0 bridgehead atoms. The van der Waals surface area contributed by atoms with Crippen LogP contribution < -0.4 is 0 Å². The van der Waals surface area contributed by atoms with Gasteiger partial charge in [0, 0.05) is 9.15 Å². The van der Waals surface area contributed by atoms with Crippen LogP contribution in [0.25, 0.3) is 0 Å². The van der Waals surface area contributed by atoms with Gasteiger partial charge in [0.15, 0.2) is 0 Å². The third kappa shape index (κ3) is 17200. The maximum absolute atomic E-state index is 8.00. The van der Waals surface area contributed by atoms with E-state index in [-0.39, 0.29) is 4.70 Å².